The monoisotopic (exact) mass is 321 g/mol. The number of amides is 1. The average molecular weight is 321 g/mol. The van der Waals surface area contributed by atoms with Crippen molar-refractivity contribution in [2.75, 3.05) is 26.2 Å². The molecule has 1 saturated heterocycles. The molecule has 0 aromatic carbocycles. The Morgan fingerprint density at radius 3 is 2.65 bits per heavy atom. The van der Waals surface area contributed by atoms with Crippen molar-refractivity contribution in [3.8, 4) is 0 Å². The SMILES string of the molecule is Cc1[nH]c(C(=O)O)c(C)c1C(=O)NC[C@@H]1CCN(CC(C)C)C1. The minimum absolute atomic E-state index is 0.0941. The van der Waals surface area contributed by atoms with Crippen molar-refractivity contribution >= 4 is 11.9 Å². The number of nitrogens with one attached hydrogen (secondary N) is 2. The Morgan fingerprint density at radius 1 is 1.39 bits per heavy atom. The minimum Gasteiger partial charge on any atom is -0.477 e. The zero-order chi connectivity index (χ0) is 17.1. The summed E-state index contributed by atoms with van der Waals surface area (Å²) in [5.41, 5.74) is 1.65. The minimum atomic E-state index is -1.04. The number of hydrogen-bond donors (Lipinski definition) is 3. The van der Waals surface area contributed by atoms with Crippen LogP contribution in [0, 0.1) is 25.7 Å². The highest BCUT2D eigenvalue weighted by Gasteiger charge is 2.25. The van der Waals surface area contributed by atoms with E-state index in [4.69, 9.17) is 5.11 Å². The molecule has 0 unspecified atom stereocenters. The summed E-state index contributed by atoms with van der Waals surface area (Å²) in [6.45, 7) is 11.7. The van der Waals surface area contributed by atoms with E-state index in [2.05, 4.69) is 29.0 Å². The van der Waals surface area contributed by atoms with Gasteiger partial charge in [-0.15, -0.1) is 0 Å². The van der Waals surface area contributed by atoms with Crippen LogP contribution in [0.5, 0.6) is 0 Å². The first kappa shape index (κ1) is 17.5. The highest BCUT2D eigenvalue weighted by Crippen LogP contribution is 2.19. The molecule has 0 saturated carbocycles. The molecule has 128 valence electrons. The lowest BCUT2D eigenvalue weighted by atomic mass is 10.1. The van der Waals surface area contributed by atoms with Crippen LogP contribution in [0.3, 0.4) is 0 Å². The summed E-state index contributed by atoms with van der Waals surface area (Å²) in [6.07, 6.45) is 1.10. The summed E-state index contributed by atoms with van der Waals surface area (Å²) in [7, 11) is 0. The molecule has 1 amide bonds. The Morgan fingerprint density at radius 2 is 2.09 bits per heavy atom. The first-order chi connectivity index (χ1) is 10.8. The van der Waals surface area contributed by atoms with Gasteiger partial charge in [-0.3, -0.25) is 4.79 Å². The van der Waals surface area contributed by atoms with E-state index in [0.717, 1.165) is 26.1 Å². The molecule has 6 heteroatoms. The highest BCUT2D eigenvalue weighted by atomic mass is 16.4. The van der Waals surface area contributed by atoms with Crippen molar-refractivity contribution in [3.63, 3.8) is 0 Å². The van der Waals surface area contributed by atoms with Crippen molar-refractivity contribution in [1.29, 1.82) is 0 Å². The van der Waals surface area contributed by atoms with Gasteiger partial charge in [0.1, 0.15) is 5.69 Å². The van der Waals surface area contributed by atoms with Crippen LogP contribution in [0.4, 0.5) is 0 Å². The van der Waals surface area contributed by atoms with Gasteiger partial charge < -0.3 is 20.3 Å². The molecule has 0 aliphatic carbocycles. The van der Waals surface area contributed by atoms with E-state index in [9.17, 15) is 9.59 Å². The number of H-pyrrole nitrogens is 1. The van der Waals surface area contributed by atoms with Gasteiger partial charge in [0, 0.05) is 25.3 Å². The fourth-order valence-corrected chi connectivity index (χ4v) is 3.39. The molecule has 2 heterocycles. The molecule has 0 bridgehead atoms. The standard InChI is InChI=1S/C17H27N3O3/c1-10(2)8-20-6-5-13(9-20)7-18-16(21)14-11(3)15(17(22)23)19-12(14)4/h10,13,19H,5-9H2,1-4H3,(H,18,21)(H,22,23)/t13-/m0/s1. The van der Waals surface area contributed by atoms with Crippen molar-refractivity contribution in [3.05, 3.63) is 22.5 Å². The number of carboxylic acid groups (broad SMARTS) is 1. The van der Waals surface area contributed by atoms with E-state index in [-0.39, 0.29) is 11.6 Å². The van der Waals surface area contributed by atoms with Crippen LogP contribution < -0.4 is 5.32 Å². The predicted octanol–water partition coefficient (Wildman–Crippen LogP) is 2.04. The number of aromatic amines is 1. The van der Waals surface area contributed by atoms with Crippen molar-refractivity contribution in [2.45, 2.75) is 34.1 Å². The second-order valence-corrected chi connectivity index (χ2v) is 6.95. The van der Waals surface area contributed by atoms with Gasteiger partial charge in [-0.2, -0.15) is 0 Å². The van der Waals surface area contributed by atoms with E-state index in [0.29, 0.717) is 35.2 Å². The van der Waals surface area contributed by atoms with Crippen LogP contribution in [0.25, 0.3) is 0 Å². The lowest BCUT2D eigenvalue weighted by Crippen LogP contribution is -2.32. The number of aromatic carboxylic acids is 1. The maximum atomic E-state index is 12.4. The van der Waals surface area contributed by atoms with Gasteiger partial charge in [0.15, 0.2) is 0 Å². The smallest absolute Gasteiger partial charge is 0.352 e. The fraction of sp³-hybridized carbons (Fsp3) is 0.647. The summed E-state index contributed by atoms with van der Waals surface area (Å²) in [5, 5.41) is 12.1. The van der Waals surface area contributed by atoms with Gasteiger partial charge in [0.2, 0.25) is 0 Å². The van der Waals surface area contributed by atoms with Crippen molar-refractivity contribution < 1.29 is 14.7 Å². The van der Waals surface area contributed by atoms with Gasteiger partial charge in [0.05, 0.1) is 5.56 Å². The summed E-state index contributed by atoms with van der Waals surface area (Å²) >= 11 is 0. The van der Waals surface area contributed by atoms with Crippen LogP contribution >= 0.6 is 0 Å². The highest BCUT2D eigenvalue weighted by molar-refractivity contribution is 6.00. The molecule has 1 aliphatic heterocycles. The van der Waals surface area contributed by atoms with Gasteiger partial charge in [-0.1, -0.05) is 13.8 Å². The summed E-state index contributed by atoms with van der Waals surface area (Å²) < 4.78 is 0. The number of likely N-dealkylation sites (tertiary alicyclic amines) is 1. The third kappa shape index (κ3) is 4.13. The molecule has 2 rings (SSSR count). The molecule has 0 spiro atoms. The van der Waals surface area contributed by atoms with Gasteiger partial charge in [0.25, 0.3) is 5.91 Å². The van der Waals surface area contributed by atoms with Crippen LogP contribution in [-0.4, -0.2) is 53.0 Å². The number of nitrogens with zero attached hydrogens (tertiary/aromatic N) is 1. The lowest BCUT2D eigenvalue weighted by Gasteiger charge is -2.18. The Balaban J connectivity index is 1.92. The number of aromatic nitrogens is 1. The average Bonchev–Trinajstić information content (AvgIpc) is 3.00. The molecule has 1 fully saturated rings. The molecule has 0 radical (unpaired) electrons. The van der Waals surface area contributed by atoms with Gasteiger partial charge in [-0.05, 0) is 44.2 Å². The van der Waals surface area contributed by atoms with Crippen LogP contribution in [0.1, 0.15) is 52.4 Å². The predicted molar refractivity (Wildman–Crippen MR) is 88.9 cm³/mol. The van der Waals surface area contributed by atoms with E-state index in [1.165, 1.54) is 0 Å². The van der Waals surface area contributed by atoms with E-state index in [1.807, 2.05) is 0 Å². The maximum absolute atomic E-state index is 12.4. The molecule has 3 N–H and O–H groups in total. The molecule has 1 aromatic rings. The molecule has 23 heavy (non-hydrogen) atoms. The zero-order valence-electron chi connectivity index (χ0n) is 14.4. The van der Waals surface area contributed by atoms with Crippen molar-refractivity contribution in [2.24, 2.45) is 11.8 Å². The molecular weight excluding hydrogens is 294 g/mol. The fourth-order valence-electron chi connectivity index (χ4n) is 3.39. The van der Waals surface area contributed by atoms with E-state index >= 15 is 0 Å². The number of hydrogen-bond acceptors (Lipinski definition) is 3. The lowest BCUT2D eigenvalue weighted by molar-refractivity contribution is 0.0690. The first-order valence-corrected chi connectivity index (χ1v) is 8.22. The number of carbonyl (C=O) groups is 2. The maximum Gasteiger partial charge on any atom is 0.352 e. The Hall–Kier alpha value is -1.82. The third-order valence-corrected chi connectivity index (χ3v) is 4.42. The third-order valence-electron chi connectivity index (χ3n) is 4.42. The van der Waals surface area contributed by atoms with E-state index < -0.39 is 5.97 Å². The first-order valence-electron chi connectivity index (χ1n) is 8.22. The normalized spacial score (nSPS) is 18.6. The van der Waals surface area contributed by atoms with E-state index in [1.54, 1.807) is 13.8 Å². The van der Waals surface area contributed by atoms with Gasteiger partial charge in [-0.25, -0.2) is 4.79 Å². The summed E-state index contributed by atoms with van der Waals surface area (Å²) in [6, 6.07) is 0. The van der Waals surface area contributed by atoms with Crippen LogP contribution in [0.15, 0.2) is 0 Å². The van der Waals surface area contributed by atoms with Crippen molar-refractivity contribution in [1.82, 2.24) is 15.2 Å². The second-order valence-electron chi connectivity index (χ2n) is 6.95. The second kappa shape index (κ2) is 7.17. The molecule has 1 aliphatic rings. The quantitative estimate of drug-likeness (QED) is 0.748. The topological polar surface area (TPSA) is 85.4 Å². The Labute approximate surface area is 137 Å². The largest absolute Gasteiger partial charge is 0.477 e. The molecular formula is C17H27N3O3. The number of carbonyl (C=O) groups excluding carboxylic acids is 1. The summed E-state index contributed by atoms with van der Waals surface area (Å²) in [5.74, 6) is -0.102. The number of rotatable bonds is 6. The Kier molecular flexibility index (Phi) is 5.46. The molecule has 1 atom stereocenters. The Bertz CT molecular complexity index is 592. The summed E-state index contributed by atoms with van der Waals surface area (Å²) in [4.78, 5) is 28.8. The number of carboxylic acids is 1. The molecule has 1 aromatic heterocycles. The molecule has 6 nitrogen and oxygen atoms in total. The van der Waals surface area contributed by atoms with Gasteiger partial charge >= 0.3 is 5.97 Å². The van der Waals surface area contributed by atoms with Crippen LogP contribution in [0.2, 0.25) is 0 Å². The number of aryl methyl sites for hydroxylation is 1. The van der Waals surface area contributed by atoms with Crippen LogP contribution in [-0.2, 0) is 0 Å². The zero-order valence-corrected chi connectivity index (χ0v) is 14.4.